The van der Waals surface area contributed by atoms with Crippen molar-refractivity contribution in [2.24, 2.45) is 0 Å². The monoisotopic (exact) mass is 327 g/mol. The molecule has 1 amide bonds. The van der Waals surface area contributed by atoms with E-state index in [2.05, 4.69) is 10.3 Å². The number of hydrogen-bond donors (Lipinski definition) is 1. The van der Waals surface area contributed by atoms with Crippen LogP contribution in [0.3, 0.4) is 0 Å². The van der Waals surface area contributed by atoms with Gasteiger partial charge in [-0.2, -0.15) is 8.78 Å². The molecule has 4 rings (SSSR count). The summed E-state index contributed by atoms with van der Waals surface area (Å²) in [5.74, 6) is -3.89. The Morgan fingerprint density at radius 2 is 1.92 bits per heavy atom. The van der Waals surface area contributed by atoms with E-state index < -0.39 is 11.8 Å². The van der Waals surface area contributed by atoms with Gasteiger partial charge in [-0.15, -0.1) is 0 Å². The Hall–Kier alpha value is -2.76. The number of anilines is 1. The van der Waals surface area contributed by atoms with Crippen LogP contribution in [0.25, 0.3) is 16.7 Å². The molecule has 1 aliphatic rings. The van der Waals surface area contributed by atoms with E-state index in [0.29, 0.717) is 5.69 Å². The van der Waals surface area contributed by atoms with Gasteiger partial charge in [-0.1, -0.05) is 26.0 Å². The average molecular weight is 327 g/mol. The smallest absolute Gasteiger partial charge is 0.320 e. The summed E-state index contributed by atoms with van der Waals surface area (Å²) in [5, 5.41) is 2.22. The molecule has 1 aromatic heterocycles. The summed E-state index contributed by atoms with van der Waals surface area (Å²) in [5.41, 5.74) is 2.09. The number of nitrogens with zero attached hydrogens (tertiary/aromatic N) is 2. The van der Waals surface area contributed by atoms with E-state index in [9.17, 15) is 13.6 Å². The molecule has 2 heterocycles. The molecule has 0 spiro atoms. The Kier molecular flexibility index (Phi) is 3.00. The molecule has 0 unspecified atom stereocenters. The fourth-order valence-electron chi connectivity index (χ4n) is 3.07. The minimum Gasteiger partial charge on any atom is -0.320 e. The largest absolute Gasteiger partial charge is 0.352 e. The van der Waals surface area contributed by atoms with Gasteiger partial charge in [0.25, 0.3) is 5.91 Å². The molecule has 0 radical (unpaired) electrons. The van der Waals surface area contributed by atoms with Crippen LogP contribution in [0.4, 0.5) is 14.5 Å². The molecule has 0 aliphatic carbocycles. The highest BCUT2D eigenvalue weighted by Crippen LogP contribution is 2.41. The van der Waals surface area contributed by atoms with Crippen molar-refractivity contribution in [3.05, 3.63) is 53.9 Å². The van der Waals surface area contributed by atoms with E-state index in [1.165, 1.54) is 12.1 Å². The van der Waals surface area contributed by atoms with Crippen molar-refractivity contribution in [3.8, 4) is 5.69 Å². The van der Waals surface area contributed by atoms with Crippen LogP contribution in [-0.4, -0.2) is 15.5 Å². The van der Waals surface area contributed by atoms with Gasteiger partial charge in [0.05, 0.1) is 22.3 Å². The second-order valence-electron chi connectivity index (χ2n) is 6.21. The lowest BCUT2D eigenvalue weighted by molar-refractivity contribution is -0.139. The second kappa shape index (κ2) is 4.87. The molecule has 1 N–H and O–H groups in total. The highest BCUT2D eigenvalue weighted by atomic mass is 19.3. The van der Waals surface area contributed by atoms with Crippen molar-refractivity contribution in [3.63, 3.8) is 0 Å². The fourth-order valence-corrected chi connectivity index (χ4v) is 3.07. The number of benzene rings is 2. The molecule has 0 atom stereocenters. The lowest BCUT2D eigenvalue weighted by atomic mass is 10.1. The minimum atomic E-state index is -3.51. The molecule has 122 valence electrons. The van der Waals surface area contributed by atoms with Crippen molar-refractivity contribution in [1.29, 1.82) is 0 Å². The van der Waals surface area contributed by atoms with Crippen LogP contribution >= 0.6 is 0 Å². The summed E-state index contributed by atoms with van der Waals surface area (Å²) in [6.07, 6.45) is 0. The summed E-state index contributed by atoms with van der Waals surface area (Å²) in [6, 6.07) is 12.2. The van der Waals surface area contributed by atoms with Crippen LogP contribution in [0.5, 0.6) is 0 Å². The van der Waals surface area contributed by atoms with Crippen molar-refractivity contribution in [1.82, 2.24) is 9.55 Å². The summed E-state index contributed by atoms with van der Waals surface area (Å²) in [6.45, 7) is 4.01. The number of rotatable bonds is 2. The number of fused-ring (bicyclic) bond motifs is 2. The van der Waals surface area contributed by atoms with E-state index in [4.69, 9.17) is 0 Å². The SMILES string of the molecule is CC(C)c1nc2ccccc2n1-c1ccc2c(c1)C(F)(F)C(=O)N2. The molecular weight excluding hydrogens is 312 g/mol. The first-order valence-electron chi connectivity index (χ1n) is 7.71. The van der Waals surface area contributed by atoms with Crippen LogP contribution in [0, 0.1) is 0 Å². The minimum absolute atomic E-state index is 0.117. The molecule has 0 saturated heterocycles. The summed E-state index contributed by atoms with van der Waals surface area (Å²) >= 11 is 0. The molecule has 2 aromatic carbocycles. The number of carbonyl (C=O) groups is 1. The van der Waals surface area contributed by atoms with Crippen molar-refractivity contribution < 1.29 is 13.6 Å². The molecular formula is C18H15F2N3O. The molecule has 3 aromatic rings. The van der Waals surface area contributed by atoms with E-state index in [1.54, 1.807) is 6.07 Å². The van der Waals surface area contributed by atoms with E-state index >= 15 is 0 Å². The van der Waals surface area contributed by atoms with Gasteiger partial charge in [0, 0.05) is 11.6 Å². The molecule has 4 nitrogen and oxygen atoms in total. The zero-order valence-corrected chi connectivity index (χ0v) is 13.2. The van der Waals surface area contributed by atoms with Crippen LogP contribution in [0.1, 0.15) is 31.2 Å². The van der Waals surface area contributed by atoms with Gasteiger partial charge in [0.2, 0.25) is 0 Å². The summed E-state index contributed by atoms with van der Waals surface area (Å²) < 4.78 is 30.1. The van der Waals surface area contributed by atoms with Crippen molar-refractivity contribution in [2.45, 2.75) is 25.7 Å². The van der Waals surface area contributed by atoms with E-state index in [1.807, 2.05) is 42.7 Å². The lowest BCUT2D eigenvalue weighted by Crippen LogP contribution is -2.23. The fraction of sp³-hybridized carbons (Fsp3) is 0.222. The number of carbonyl (C=O) groups excluding carboxylic acids is 1. The average Bonchev–Trinajstić information content (AvgIpc) is 3.04. The quantitative estimate of drug-likeness (QED) is 0.767. The Labute approximate surface area is 137 Å². The number of nitrogens with one attached hydrogen (secondary N) is 1. The third-order valence-electron chi connectivity index (χ3n) is 4.24. The van der Waals surface area contributed by atoms with Gasteiger partial charge in [-0.3, -0.25) is 9.36 Å². The van der Waals surface area contributed by atoms with Gasteiger partial charge >= 0.3 is 5.92 Å². The first-order valence-corrected chi connectivity index (χ1v) is 7.71. The van der Waals surface area contributed by atoms with Crippen LogP contribution in [0.15, 0.2) is 42.5 Å². The topological polar surface area (TPSA) is 46.9 Å². The normalized spacial score (nSPS) is 15.8. The number of alkyl halides is 2. The van der Waals surface area contributed by atoms with E-state index in [-0.39, 0.29) is 17.2 Å². The predicted octanol–water partition coefficient (Wildman–Crippen LogP) is 4.19. The van der Waals surface area contributed by atoms with E-state index in [0.717, 1.165) is 16.9 Å². The highest BCUT2D eigenvalue weighted by molar-refractivity contribution is 6.04. The maximum Gasteiger partial charge on any atom is 0.352 e. The zero-order chi connectivity index (χ0) is 17.1. The van der Waals surface area contributed by atoms with Crippen LogP contribution < -0.4 is 5.32 Å². The Balaban J connectivity index is 1.98. The second-order valence-corrected chi connectivity index (χ2v) is 6.21. The van der Waals surface area contributed by atoms with Gasteiger partial charge < -0.3 is 5.32 Å². The van der Waals surface area contributed by atoms with Gasteiger partial charge in [0.15, 0.2) is 0 Å². The predicted molar refractivity (Wildman–Crippen MR) is 87.7 cm³/mol. The number of imidazole rings is 1. The van der Waals surface area contributed by atoms with Crippen molar-refractivity contribution in [2.75, 3.05) is 5.32 Å². The Morgan fingerprint density at radius 3 is 2.67 bits per heavy atom. The standard InChI is InChI=1S/C18H15F2N3O/c1-10(2)16-21-14-5-3-4-6-15(14)23(16)11-7-8-13-12(9-11)18(19,20)17(24)22-13/h3-10H,1-2H3,(H,22,24). The molecule has 1 aliphatic heterocycles. The number of halogens is 2. The maximum atomic E-state index is 14.1. The van der Waals surface area contributed by atoms with Gasteiger partial charge in [-0.05, 0) is 30.3 Å². The molecule has 0 bridgehead atoms. The molecule has 6 heteroatoms. The summed E-state index contributed by atoms with van der Waals surface area (Å²) in [7, 11) is 0. The first kappa shape index (κ1) is 14.8. The Bertz CT molecular complexity index is 976. The maximum absolute atomic E-state index is 14.1. The third-order valence-corrected chi connectivity index (χ3v) is 4.24. The highest BCUT2D eigenvalue weighted by Gasteiger charge is 2.48. The molecule has 0 saturated carbocycles. The molecule has 0 fully saturated rings. The molecule has 24 heavy (non-hydrogen) atoms. The zero-order valence-electron chi connectivity index (χ0n) is 13.2. The lowest BCUT2D eigenvalue weighted by Gasteiger charge is -2.14. The van der Waals surface area contributed by atoms with Gasteiger partial charge in [-0.25, -0.2) is 4.98 Å². The van der Waals surface area contributed by atoms with Gasteiger partial charge in [0.1, 0.15) is 5.82 Å². The number of hydrogen-bond acceptors (Lipinski definition) is 2. The third kappa shape index (κ3) is 1.95. The number of amides is 1. The summed E-state index contributed by atoms with van der Waals surface area (Å²) in [4.78, 5) is 16.1. The number of para-hydroxylation sites is 2. The van der Waals surface area contributed by atoms with Crippen LogP contribution in [-0.2, 0) is 10.7 Å². The van der Waals surface area contributed by atoms with Crippen molar-refractivity contribution >= 4 is 22.6 Å². The van der Waals surface area contributed by atoms with Crippen LogP contribution in [0.2, 0.25) is 0 Å². The Morgan fingerprint density at radius 1 is 1.17 bits per heavy atom. The number of aromatic nitrogens is 2. The first-order chi connectivity index (χ1) is 11.4.